The number of nitrogens with zero attached hydrogens (tertiary/aromatic N) is 1. The largest absolute Gasteiger partial charge is 0.355 e. The summed E-state index contributed by atoms with van der Waals surface area (Å²) in [6, 6.07) is 15.0. The van der Waals surface area contributed by atoms with Gasteiger partial charge in [0.2, 0.25) is 0 Å². The lowest BCUT2D eigenvalue weighted by Gasteiger charge is -2.00. The van der Waals surface area contributed by atoms with Gasteiger partial charge in [-0.05, 0) is 34.1 Å². The highest BCUT2D eigenvalue weighted by Gasteiger charge is 2.13. The summed E-state index contributed by atoms with van der Waals surface area (Å²) in [7, 11) is 0. The van der Waals surface area contributed by atoms with E-state index in [0.717, 1.165) is 22.2 Å². The molecule has 0 atom stereocenters. The van der Waals surface area contributed by atoms with Crippen LogP contribution in [-0.2, 0) is 0 Å². The second-order valence-electron chi connectivity index (χ2n) is 4.19. The number of nitro benzene ring substituents is 1. The van der Waals surface area contributed by atoms with Crippen molar-refractivity contribution in [3.05, 3.63) is 63.1 Å². The molecule has 3 rings (SSSR count). The zero-order valence-corrected chi connectivity index (χ0v) is 11.3. The molecular weight excluding hydrogens is 308 g/mol. The lowest BCUT2D eigenvalue weighted by atomic mass is 10.1. The third-order valence-electron chi connectivity index (χ3n) is 2.98. The van der Waals surface area contributed by atoms with E-state index in [4.69, 9.17) is 0 Å². The number of aromatic nitrogens is 1. The Bertz CT molecular complexity index is 747. The number of nitro groups is 1. The van der Waals surface area contributed by atoms with Gasteiger partial charge in [-0.3, -0.25) is 10.1 Å². The molecule has 5 heteroatoms. The van der Waals surface area contributed by atoms with Crippen LogP contribution in [0.15, 0.2) is 53.0 Å². The van der Waals surface area contributed by atoms with E-state index >= 15 is 0 Å². The van der Waals surface area contributed by atoms with Crippen LogP contribution in [0.3, 0.4) is 0 Å². The topological polar surface area (TPSA) is 58.9 Å². The van der Waals surface area contributed by atoms with Gasteiger partial charge in [0.25, 0.3) is 5.69 Å². The highest BCUT2D eigenvalue weighted by atomic mass is 79.9. The number of nitrogens with one attached hydrogen (secondary N) is 1. The van der Waals surface area contributed by atoms with E-state index in [1.165, 1.54) is 0 Å². The maximum Gasteiger partial charge on any atom is 0.284 e. The summed E-state index contributed by atoms with van der Waals surface area (Å²) in [5.41, 5.74) is 2.75. The average Bonchev–Trinajstić information content (AvgIpc) is 2.82. The second kappa shape index (κ2) is 4.51. The SMILES string of the molecule is O=[N+]([O-])c1cc(-c2cc3ccccc3[nH]2)ccc1Br. The first-order chi connectivity index (χ1) is 9.15. The zero-order valence-electron chi connectivity index (χ0n) is 9.76. The van der Waals surface area contributed by atoms with E-state index in [2.05, 4.69) is 20.9 Å². The average molecular weight is 317 g/mol. The molecule has 1 N–H and O–H groups in total. The number of benzene rings is 2. The molecule has 1 heterocycles. The van der Waals surface area contributed by atoms with Crippen molar-refractivity contribution in [1.29, 1.82) is 0 Å². The van der Waals surface area contributed by atoms with Crippen LogP contribution in [0.25, 0.3) is 22.2 Å². The van der Waals surface area contributed by atoms with Crippen LogP contribution in [0.5, 0.6) is 0 Å². The molecule has 2 aromatic carbocycles. The molecule has 1 aromatic heterocycles. The van der Waals surface area contributed by atoms with Gasteiger partial charge < -0.3 is 4.98 Å². The van der Waals surface area contributed by atoms with Gasteiger partial charge in [-0.2, -0.15) is 0 Å². The van der Waals surface area contributed by atoms with Crippen LogP contribution in [0.1, 0.15) is 0 Å². The van der Waals surface area contributed by atoms with Gasteiger partial charge in [0.1, 0.15) is 0 Å². The Morgan fingerprint density at radius 2 is 1.89 bits per heavy atom. The molecule has 0 radical (unpaired) electrons. The minimum Gasteiger partial charge on any atom is -0.355 e. The Balaban J connectivity index is 2.16. The molecule has 0 saturated heterocycles. The molecule has 3 aromatic rings. The first-order valence-electron chi connectivity index (χ1n) is 5.67. The lowest BCUT2D eigenvalue weighted by Crippen LogP contribution is -1.90. The van der Waals surface area contributed by atoms with Crippen molar-refractivity contribution in [2.45, 2.75) is 0 Å². The van der Waals surface area contributed by atoms with Crippen LogP contribution < -0.4 is 0 Å². The van der Waals surface area contributed by atoms with E-state index in [9.17, 15) is 10.1 Å². The van der Waals surface area contributed by atoms with Crippen LogP contribution >= 0.6 is 15.9 Å². The maximum atomic E-state index is 10.9. The van der Waals surface area contributed by atoms with Crippen molar-refractivity contribution in [2.24, 2.45) is 0 Å². The van der Waals surface area contributed by atoms with E-state index < -0.39 is 4.92 Å². The molecule has 0 spiro atoms. The standard InChI is InChI=1S/C14H9BrN2O2/c15-11-6-5-10(8-14(11)17(18)19)13-7-9-3-1-2-4-12(9)16-13/h1-8,16H. The van der Waals surface area contributed by atoms with Crippen molar-refractivity contribution in [3.63, 3.8) is 0 Å². The predicted molar refractivity (Wildman–Crippen MR) is 78.1 cm³/mol. The highest BCUT2D eigenvalue weighted by molar-refractivity contribution is 9.10. The molecule has 19 heavy (non-hydrogen) atoms. The lowest BCUT2D eigenvalue weighted by molar-refractivity contribution is -0.385. The van der Waals surface area contributed by atoms with Gasteiger partial charge in [0.05, 0.1) is 9.40 Å². The fourth-order valence-electron chi connectivity index (χ4n) is 2.05. The minimum atomic E-state index is -0.393. The monoisotopic (exact) mass is 316 g/mol. The minimum absolute atomic E-state index is 0.0659. The van der Waals surface area contributed by atoms with E-state index in [-0.39, 0.29) is 5.69 Å². The van der Waals surface area contributed by atoms with Gasteiger partial charge >= 0.3 is 0 Å². The molecule has 0 amide bonds. The number of para-hydroxylation sites is 1. The molecule has 0 fully saturated rings. The van der Waals surface area contributed by atoms with E-state index in [0.29, 0.717) is 4.47 Å². The second-order valence-corrected chi connectivity index (χ2v) is 5.05. The normalized spacial score (nSPS) is 10.8. The summed E-state index contributed by atoms with van der Waals surface area (Å²) >= 11 is 3.19. The van der Waals surface area contributed by atoms with Crippen molar-refractivity contribution in [2.75, 3.05) is 0 Å². The van der Waals surface area contributed by atoms with Gasteiger partial charge in [-0.25, -0.2) is 0 Å². The van der Waals surface area contributed by atoms with Crippen LogP contribution in [0.2, 0.25) is 0 Å². The van der Waals surface area contributed by atoms with E-state index in [1.807, 2.05) is 36.4 Å². The first kappa shape index (κ1) is 11.9. The first-order valence-corrected chi connectivity index (χ1v) is 6.46. The van der Waals surface area contributed by atoms with Gasteiger partial charge in [0.15, 0.2) is 0 Å². The number of hydrogen-bond donors (Lipinski definition) is 1. The molecule has 0 aliphatic rings. The van der Waals surface area contributed by atoms with Crippen molar-refractivity contribution in [1.82, 2.24) is 4.98 Å². The summed E-state index contributed by atoms with van der Waals surface area (Å²) in [6.07, 6.45) is 0. The van der Waals surface area contributed by atoms with Gasteiger partial charge in [-0.15, -0.1) is 0 Å². The molecular formula is C14H9BrN2O2. The Morgan fingerprint density at radius 3 is 2.63 bits per heavy atom. The van der Waals surface area contributed by atoms with Crippen LogP contribution in [-0.4, -0.2) is 9.91 Å². The predicted octanol–water partition coefficient (Wildman–Crippen LogP) is 4.51. The third-order valence-corrected chi connectivity index (χ3v) is 3.65. The Kier molecular flexibility index (Phi) is 2.83. The summed E-state index contributed by atoms with van der Waals surface area (Å²) in [5.74, 6) is 0. The molecule has 0 unspecified atom stereocenters. The number of H-pyrrole nitrogens is 1. The number of fused-ring (bicyclic) bond motifs is 1. The van der Waals surface area contributed by atoms with Crippen molar-refractivity contribution >= 4 is 32.5 Å². The number of aromatic amines is 1. The Labute approximate surface area is 117 Å². The highest BCUT2D eigenvalue weighted by Crippen LogP contribution is 2.31. The summed E-state index contributed by atoms with van der Waals surface area (Å²) in [6.45, 7) is 0. The summed E-state index contributed by atoms with van der Waals surface area (Å²) in [4.78, 5) is 13.8. The smallest absolute Gasteiger partial charge is 0.284 e. The molecule has 0 aliphatic carbocycles. The number of hydrogen-bond acceptors (Lipinski definition) is 2. The van der Waals surface area contributed by atoms with Gasteiger partial charge in [0, 0.05) is 28.2 Å². The Hall–Kier alpha value is -2.14. The van der Waals surface area contributed by atoms with Crippen LogP contribution in [0, 0.1) is 10.1 Å². The fraction of sp³-hybridized carbons (Fsp3) is 0. The Morgan fingerprint density at radius 1 is 1.11 bits per heavy atom. The van der Waals surface area contributed by atoms with Crippen molar-refractivity contribution < 1.29 is 4.92 Å². The van der Waals surface area contributed by atoms with Crippen molar-refractivity contribution in [3.8, 4) is 11.3 Å². The number of rotatable bonds is 2. The van der Waals surface area contributed by atoms with Crippen LogP contribution in [0.4, 0.5) is 5.69 Å². The molecule has 4 nitrogen and oxygen atoms in total. The van der Waals surface area contributed by atoms with Gasteiger partial charge in [-0.1, -0.05) is 24.3 Å². The quantitative estimate of drug-likeness (QED) is 0.558. The molecule has 0 aliphatic heterocycles. The summed E-state index contributed by atoms with van der Waals surface area (Å²) in [5, 5.41) is 12.0. The molecule has 0 bridgehead atoms. The fourth-order valence-corrected chi connectivity index (χ4v) is 2.44. The molecule has 94 valence electrons. The molecule has 0 saturated carbocycles. The maximum absolute atomic E-state index is 10.9. The summed E-state index contributed by atoms with van der Waals surface area (Å²) < 4.78 is 0.484. The zero-order chi connectivity index (χ0) is 13.4. The van der Waals surface area contributed by atoms with E-state index in [1.54, 1.807) is 12.1 Å². The third kappa shape index (κ3) is 2.13. The number of halogens is 1.